The van der Waals surface area contributed by atoms with Gasteiger partial charge in [-0.2, -0.15) is 5.10 Å². The van der Waals surface area contributed by atoms with Crippen LogP contribution in [0.3, 0.4) is 0 Å². The summed E-state index contributed by atoms with van der Waals surface area (Å²) in [6.45, 7) is 2.32. The van der Waals surface area contributed by atoms with Crippen LogP contribution in [0, 0.1) is 4.77 Å². The Kier molecular flexibility index (Phi) is 5.69. The van der Waals surface area contributed by atoms with E-state index in [0.717, 1.165) is 14.9 Å². The lowest BCUT2D eigenvalue weighted by atomic mass is 10.2. The SMILES string of the molecule is CC(C(=O)Nc1ncn(Cc2ccc(Br)cc2)n1)n1c(-c2cccs2)n[nH]c1=S. The monoisotopic (exact) mass is 489 g/mol. The molecule has 0 aliphatic carbocycles. The van der Waals surface area contributed by atoms with E-state index in [4.69, 9.17) is 12.2 Å². The Balaban J connectivity index is 1.48. The third-order valence-electron chi connectivity index (χ3n) is 4.24. The molecule has 0 aliphatic heterocycles. The lowest BCUT2D eigenvalue weighted by Crippen LogP contribution is -2.25. The standard InChI is InChI=1S/C18H16BrN7OS2/c1-11(26-15(22-23-18(26)28)14-3-2-8-29-14)16(27)21-17-20-10-25(24-17)9-12-4-6-13(19)7-5-12/h2-8,10-11H,9H2,1H3,(H,23,28)(H,21,24,27). The first-order chi connectivity index (χ1) is 14.0. The number of nitrogens with one attached hydrogen (secondary N) is 2. The maximum Gasteiger partial charge on any atom is 0.249 e. The third kappa shape index (κ3) is 4.36. The minimum absolute atomic E-state index is 0.242. The highest BCUT2D eigenvalue weighted by Gasteiger charge is 2.22. The van der Waals surface area contributed by atoms with Crippen LogP contribution in [0.5, 0.6) is 0 Å². The molecule has 8 nitrogen and oxygen atoms in total. The minimum Gasteiger partial charge on any atom is -0.291 e. The largest absolute Gasteiger partial charge is 0.291 e. The second-order valence-electron chi connectivity index (χ2n) is 6.26. The Morgan fingerprint density at radius 2 is 2.14 bits per heavy atom. The van der Waals surface area contributed by atoms with Crippen molar-refractivity contribution in [2.24, 2.45) is 0 Å². The molecular weight excluding hydrogens is 474 g/mol. The van der Waals surface area contributed by atoms with E-state index in [1.54, 1.807) is 22.5 Å². The predicted molar refractivity (Wildman–Crippen MR) is 117 cm³/mol. The van der Waals surface area contributed by atoms with Crippen LogP contribution in [-0.4, -0.2) is 35.4 Å². The molecule has 0 radical (unpaired) electrons. The van der Waals surface area contributed by atoms with Crippen molar-refractivity contribution in [3.63, 3.8) is 0 Å². The molecule has 0 spiro atoms. The van der Waals surface area contributed by atoms with Crippen LogP contribution in [0.2, 0.25) is 0 Å². The number of halogens is 1. The molecule has 4 rings (SSSR count). The topological polar surface area (TPSA) is 93.4 Å². The molecule has 29 heavy (non-hydrogen) atoms. The van der Waals surface area contributed by atoms with Crippen LogP contribution in [-0.2, 0) is 11.3 Å². The Hall–Kier alpha value is -2.63. The van der Waals surface area contributed by atoms with Crippen molar-refractivity contribution in [2.45, 2.75) is 19.5 Å². The third-order valence-corrected chi connectivity index (χ3v) is 5.92. The van der Waals surface area contributed by atoms with Crippen LogP contribution in [0.4, 0.5) is 5.95 Å². The molecule has 3 aromatic heterocycles. The van der Waals surface area contributed by atoms with Crippen LogP contribution in [0.1, 0.15) is 18.5 Å². The van der Waals surface area contributed by atoms with Gasteiger partial charge in [0.05, 0.1) is 11.4 Å². The fraction of sp³-hybridized carbons (Fsp3) is 0.167. The molecule has 0 aliphatic rings. The van der Waals surface area contributed by atoms with E-state index in [1.807, 2.05) is 41.8 Å². The summed E-state index contributed by atoms with van der Waals surface area (Å²) in [6, 6.07) is 11.2. The Morgan fingerprint density at radius 1 is 1.34 bits per heavy atom. The Bertz CT molecular complexity index is 1180. The van der Waals surface area contributed by atoms with Crippen molar-refractivity contribution >= 4 is 51.3 Å². The molecule has 148 valence electrons. The highest BCUT2D eigenvalue weighted by molar-refractivity contribution is 9.10. The summed E-state index contributed by atoms with van der Waals surface area (Å²) < 4.78 is 4.76. The van der Waals surface area contributed by atoms with E-state index in [9.17, 15) is 4.79 Å². The van der Waals surface area contributed by atoms with Crippen LogP contribution in [0.15, 0.2) is 52.6 Å². The molecule has 4 aromatic rings. The molecule has 1 aromatic carbocycles. The zero-order chi connectivity index (χ0) is 20.4. The first kappa shape index (κ1) is 19.7. The van der Waals surface area contributed by atoms with Crippen molar-refractivity contribution in [2.75, 3.05) is 5.32 Å². The second kappa shape index (κ2) is 8.39. The van der Waals surface area contributed by atoms with Crippen LogP contribution in [0.25, 0.3) is 10.7 Å². The number of amides is 1. The lowest BCUT2D eigenvalue weighted by molar-refractivity contribution is -0.118. The first-order valence-electron chi connectivity index (χ1n) is 8.67. The van der Waals surface area contributed by atoms with Crippen molar-refractivity contribution in [3.05, 3.63) is 62.9 Å². The van der Waals surface area contributed by atoms with Gasteiger partial charge < -0.3 is 0 Å². The maximum absolute atomic E-state index is 12.8. The molecular formula is C18H16BrN7OS2. The van der Waals surface area contributed by atoms with Crippen molar-refractivity contribution in [1.29, 1.82) is 0 Å². The average molecular weight is 490 g/mol. The van der Waals surface area contributed by atoms with Crippen molar-refractivity contribution in [1.82, 2.24) is 29.5 Å². The molecule has 2 N–H and O–H groups in total. The van der Waals surface area contributed by atoms with Gasteiger partial charge in [0.15, 0.2) is 10.6 Å². The smallest absolute Gasteiger partial charge is 0.249 e. The average Bonchev–Trinajstić information content (AvgIpc) is 3.44. The van der Waals surface area contributed by atoms with E-state index in [2.05, 4.69) is 41.5 Å². The number of aromatic amines is 1. The number of anilines is 1. The molecule has 1 unspecified atom stereocenters. The van der Waals surface area contributed by atoms with Gasteiger partial charge in [0.1, 0.15) is 12.4 Å². The summed E-state index contributed by atoms with van der Waals surface area (Å²) in [5, 5.41) is 16.1. The summed E-state index contributed by atoms with van der Waals surface area (Å²) >= 11 is 10.3. The molecule has 1 atom stereocenters. The fourth-order valence-electron chi connectivity index (χ4n) is 2.78. The number of carbonyl (C=O) groups excluding carboxylic acids is 1. The number of hydrogen-bond donors (Lipinski definition) is 2. The van der Waals surface area contributed by atoms with Gasteiger partial charge in [0.2, 0.25) is 11.9 Å². The number of H-pyrrole nitrogens is 1. The van der Waals surface area contributed by atoms with Crippen LogP contribution >= 0.6 is 39.5 Å². The zero-order valence-electron chi connectivity index (χ0n) is 15.2. The second-order valence-corrected chi connectivity index (χ2v) is 8.51. The summed E-state index contributed by atoms with van der Waals surface area (Å²) in [4.78, 5) is 17.9. The number of carbonyl (C=O) groups is 1. The van der Waals surface area contributed by atoms with E-state index in [0.29, 0.717) is 17.1 Å². The first-order valence-corrected chi connectivity index (χ1v) is 10.7. The van der Waals surface area contributed by atoms with Gasteiger partial charge >= 0.3 is 0 Å². The molecule has 0 saturated heterocycles. The van der Waals surface area contributed by atoms with Gasteiger partial charge in [0.25, 0.3) is 0 Å². The van der Waals surface area contributed by atoms with E-state index in [1.165, 1.54) is 11.3 Å². The van der Waals surface area contributed by atoms with Gasteiger partial charge in [-0.1, -0.05) is 34.1 Å². The fourth-order valence-corrected chi connectivity index (χ4v) is 4.05. The maximum atomic E-state index is 12.8. The number of hydrogen-bond acceptors (Lipinski definition) is 6. The minimum atomic E-state index is -0.586. The Morgan fingerprint density at radius 3 is 2.86 bits per heavy atom. The van der Waals surface area contributed by atoms with Crippen molar-refractivity contribution in [3.8, 4) is 10.7 Å². The molecule has 0 bridgehead atoms. The molecule has 0 fully saturated rings. The molecule has 11 heteroatoms. The molecule has 1 amide bonds. The quantitative estimate of drug-likeness (QED) is 0.394. The van der Waals surface area contributed by atoms with Gasteiger partial charge in [-0.15, -0.1) is 16.4 Å². The highest BCUT2D eigenvalue weighted by atomic mass is 79.9. The summed E-state index contributed by atoms with van der Waals surface area (Å²) in [5.41, 5.74) is 1.08. The summed E-state index contributed by atoms with van der Waals surface area (Å²) in [6.07, 6.45) is 1.59. The number of benzene rings is 1. The number of aromatic nitrogens is 6. The normalized spacial score (nSPS) is 12.1. The summed E-state index contributed by atoms with van der Waals surface area (Å²) in [7, 11) is 0. The highest BCUT2D eigenvalue weighted by Crippen LogP contribution is 2.25. The number of nitrogens with zero attached hydrogens (tertiary/aromatic N) is 5. The summed E-state index contributed by atoms with van der Waals surface area (Å²) in [5.74, 6) is 0.592. The van der Waals surface area contributed by atoms with Crippen LogP contribution < -0.4 is 5.32 Å². The van der Waals surface area contributed by atoms with E-state index < -0.39 is 6.04 Å². The van der Waals surface area contributed by atoms with Gasteiger partial charge in [-0.3, -0.25) is 19.8 Å². The predicted octanol–water partition coefficient (Wildman–Crippen LogP) is 4.27. The van der Waals surface area contributed by atoms with Gasteiger partial charge in [0, 0.05) is 4.47 Å². The van der Waals surface area contributed by atoms with Crippen molar-refractivity contribution < 1.29 is 4.79 Å². The molecule has 0 saturated carbocycles. The molecule has 3 heterocycles. The van der Waals surface area contributed by atoms with E-state index in [-0.39, 0.29) is 11.9 Å². The van der Waals surface area contributed by atoms with Gasteiger partial charge in [-0.05, 0) is 48.3 Å². The number of rotatable bonds is 6. The van der Waals surface area contributed by atoms with Gasteiger partial charge in [-0.25, -0.2) is 9.67 Å². The van der Waals surface area contributed by atoms with E-state index >= 15 is 0 Å². The lowest BCUT2D eigenvalue weighted by Gasteiger charge is -2.13. The number of thiophene rings is 1. The Labute approximate surface area is 183 Å². The zero-order valence-corrected chi connectivity index (χ0v) is 18.5.